The van der Waals surface area contributed by atoms with Crippen LogP contribution in [0.25, 0.3) is 0 Å². The SMILES string of the molecule is CN=C(NCc1ncc(C)s1)NCc1nc(C)c(C)s1.I. The van der Waals surface area contributed by atoms with Crippen LogP contribution < -0.4 is 10.6 Å². The maximum absolute atomic E-state index is 4.50. The van der Waals surface area contributed by atoms with E-state index in [-0.39, 0.29) is 24.0 Å². The largest absolute Gasteiger partial charge is 0.350 e. The van der Waals surface area contributed by atoms with Crippen LogP contribution in [0.5, 0.6) is 0 Å². The third kappa shape index (κ3) is 5.51. The Kier molecular flexibility index (Phi) is 7.53. The van der Waals surface area contributed by atoms with Gasteiger partial charge >= 0.3 is 0 Å². The lowest BCUT2D eigenvalue weighted by Gasteiger charge is -2.09. The minimum Gasteiger partial charge on any atom is -0.350 e. The zero-order chi connectivity index (χ0) is 14.5. The molecule has 0 aromatic carbocycles. The first-order chi connectivity index (χ1) is 9.58. The zero-order valence-electron chi connectivity index (χ0n) is 12.6. The van der Waals surface area contributed by atoms with Gasteiger partial charge in [0, 0.05) is 23.0 Å². The third-order valence-corrected chi connectivity index (χ3v) is 4.77. The van der Waals surface area contributed by atoms with Crippen LogP contribution in [0.1, 0.15) is 25.5 Å². The second-order valence-corrected chi connectivity index (χ2v) is 7.00. The quantitative estimate of drug-likeness (QED) is 0.439. The molecule has 0 radical (unpaired) electrons. The van der Waals surface area contributed by atoms with Crippen LogP contribution in [-0.2, 0) is 13.1 Å². The highest BCUT2D eigenvalue weighted by Gasteiger charge is 2.05. The summed E-state index contributed by atoms with van der Waals surface area (Å²) in [6.45, 7) is 7.56. The Balaban J connectivity index is 0.00000220. The summed E-state index contributed by atoms with van der Waals surface area (Å²) >= 11 is 3.41. The topological polar surface area (TPSA) is 62.2 Å². The number of aryl methyl sites for hydroxylation is 3. The van der Waals surface area contributed by atoms with E-state index in [1.54, 1.807) is 29.7 Å². The molecule has 0 aliphatic carbocycles. The number of guanidine groups is 1. The third-order valence-electron chi connectivity index (χ3n) is 2.78. The highest BCUT2D eigenvalue weighted by Crippen LogP contribution is 2.15. The molecule has 21 heavy (non-hydrogen) atoms. The fourth-order valence-electron chi connectivity index (χ4n) is 1.64. The van der Waals surface area contributed by atoms with Gasteiger partial charge in [0.1, 0.15) is 10.0 Å². The number of hydrogen-bond donors (Lipinski definition) is 2. The van der Waals surface area contributed by atoms with Gasteiger partial charge in [0.2, 0.25) is 0 Å². The second kappa shape index (κ2) is 8.64. The fourth-order valence-corrected chi connectivity index (χ4v) is 3.24. The molecule has 0 bridgehead atoms. The van der Waals surface area contributed by atoms with Gasteiger partial charge in [0.15, 0.2) is 5.96 Å². The molecule has 0 saturated heterocycles. The van der Waals surface area contributed by atoms with Crippen molar-refractivity contribution in [1.29, 1.82) is 0 Å². The van der Waals surface area contributed by atoms with E-state index in [4.69, 9.17) is 0 Å². The normalized spacial score (nSPS) is 11.1. The molecular weight excluding hydrogens is 417 g/mol. The van der Waals surface area contributed by atoms with Crippen LogP contribution in [-0.4, -0.2) is 23.0 Å². The summed E-state index contributed by atoms with van der Waals surface area (Å²) in [6.07, 6.45) is 1.89. The number of nitrogens with one attached hydrogen (secondary N) is 2. The number of hydrogen-bond acceptors (Lipinski definition) is 5. The van der Waals surface area contributed by atoms with Gasteiger partial charge < -0.3 is 10.6 Å². The molecule has 116 valence electrons. The molecule has 2 N–H and O–H groups in total. The first kappa shape index (κ1) is 18.3. The molecule has 0 unspecified atom stereocenters. The Bertz CT molecular complexity index is 586. The van der Waals surface area contributed by atoms with E-state index in [1.807, 2.05) is 13.1 Å². The molecular formula is C13H20IN5S2. The van der Waals surface area contributed by atoms with Crippen molar-refractivity contribution in [3.63, 3.8) is 0 Å². The minimum atomic E-state index is 0. The summed E-state index contributed by atoms with van der Waals surface area (Å²) in [5, 5.41) is 8.66. The first-order valence-corrected chi connectivity index (χ1v) is 8.00. The van der Waals surface area contributed by atoms with Crippen LogP contribution in [0, 0.1) is 20.8 Å². The molecule has 0 amide bonds. The van der Waals surface area contributed by atoms with E-state index in [1.165, 1.54) is 9.75 Å². The predicted molar refractivity (Wildman–Crippen MR) is 101 cm³/mol. The number of aliphatic imine (C=N–C) groups is 1. The maximum atomic E-state index is 4.50. The number of aromatic nitrogens is 2. The van der Waals surface area contributed by atoms with Crippen molar-refractivity contribution in [2.75, 3.05) is 7.05 Å². The molecule has 2 aromatic rings. The van der Waals surface area contributed by atoms with Crippen LogP contribution in [0.2, 0.25) is 0 Å². The smallest absolute Gasteiger partial charge is 0.191 e. The predicted octanol–water partition coefficient (Wildman–Crippen LogP) is 3.01. The van der Waals surface area contributed by atoms with Gasteiger partial charge in [-0.25, -0.2) is 9.97 Å². The molecule has 0 fully saturated rings. The van der Waals surface area contributed by atoms with Gasteiger partial charge in [0.05, 0.1) is 18.8 Å². The van der Waals surface area contributed by atoms with E-state index >= 15 is 0 Å². The van der Waals surface area contributed by atoms with E-state index in [0.29, 0.717) is 13.1 Å². The average molecular weight is 437 g/mol. The summed E-state index contributed by atoms with van der Waals surface area (Å²) in [4.78, 5) is 15.5. The standard InChI is InChI=1S/C13H19N5S2.HI/c1-8-5-15-11(19-8)6-16-13(14-4)17-7-12-18-9(2)10(3)20-12;/h5H,6-7H2,1-4H3,(H2,14,16,17);1H. The summed E-state index contributed by atoms with van der Waals surface area (Å²) < 4.78 is 0. The van der Waals surface area contributed by atoms with Crippen LogP contribution >= 0.6 is 46.7 Å². The molecule has 0 aliphatic heterocycles. The lowest BCUT2D eigenvalue weighted by Crippen LogP contribution is -2.36. The second-order valence-electron chi connectivity index (χ2n) is 4.39. The zero-order valence-corrected chi connectivity index (χ0v) is 16.5. The number of rotatable bonds is 4. The van der Waals surface area contributed by atoms with Crippen molar-refractivity contribution < 1.29 is 0 Å². The molecule has 0 aliphatic rings. The average Bonchev–Trinajstić information content (AvgIpc) is 2.97. The molecule has 2 aromatic heterocycles. The summed E-state index contributed by atoms with van der Waals surface area (Å²) in [6, 6.07) is 0. The molecule has 8 heteroatoms. The van der Waals surface area contributed by atoms with E-state index in [9.17, 15) is 0 Å². The van der Waals surface area contributed by atoms with Crippen LogP contribution in [0.15, 0.2) is 11.2 Å². The van der Waals surface area contributed by atoms with Crippen LogP contribution in [0.4, 0.5) is 0 Å². The molecule has 0 saturated carbocycles. The molecule has 2 heterocycles. The number of nitrogens with zero attached hydrogens (tertiary/aromatic N) is 3. The van der Waals surface area contributed by atoms with Gasteiger partial charge in [-0.1, -0.05) is 0 Å². The van der Waals surface area contributed by atoms with Crippen molar-refractivity contribution in [1.82, 2.24) is 20.6 Å². The number of halogens is 1. The van der Waals surface area contributed by atoms with Crippen molar-refractivity contribution in [2.45, 2.75) is 33.9 Å². The monoisotopic (exact) mass is 437 g/mol. The van der Waals surface area contributed by atoms with Crippen molar-refractivity contribution in [3.8, 4) is 0 Å². The molecule has 0 spiro atoms. The van der Waals surface area contributed by atoms with Crippen LogP contribution in [0.3, 0.4) is 0 Å². The summed E-state index contributed by atoms with van der Waals surface area (Å²) in [5.74, 6) is 0.767. The van der Waals surface area contributed by atoms with Gasteiger partial charge in [-0.3, -0.25) is 4.99 Å². The van der Waals surface area contributed by atoms with E-state index in [0.717, 1.165) is 21.7 Å². The summed E-state index contributed by atoms with van der Waals surface area (Å²) in [5.41, 5.74) is 1.10. The van der Waals surface area contributed by atoms with Crippen molar-refractivity contribution in [2.24, 2.45) is 4.99 Å². The lowest BCUT2D eigenvalue weighted by atomic mass is 10.4. The van der Waals surface area contributed by atoms with E-state index in [2.05, 4.69) is 39.4 Å². The highest BCUT2D eigenvalue weighted by molar-refractivity contribution is 14.0. The Hall–Kier alpha value is -0.740. The van der Waals surface area contributed by atoms with Gasteiger partial charge in [-0.2, -0.15) is 0 Å². The highest BCUT2D eigenvalue weighted by atomic mass is 127. The molecule has 2 rings (SSSR count). The van der Waals surface area contributed by atoms with Gasteiger partial charge in [0.25, 0.3) is 0 Å². The lowest BCUT2D eigenvalue weighted by molar-refractivity contribution is 0.800. The Morgan fingerprint density at radius 2 is 1.81 bits per heavy atom. The molecule has 0 atom stereocenters. The maximum Gasteiger partial charge on any atom is 0.191 e. The van der Waals surface area contributed by atoms with Crippen molar-refractivity contribution >= 4 is 52.6 Å². The minimum absolute atomic E-state index is 0. The summed E-state index contributed by atoms with van der Waals surface area (Å²) in [7, 11) is 1.76. The fraction of sp³-hybridized carbons (Fsp3) is 0.462. The van der Waals surface area contributed by atoms with Gasteiger partial charge in [-0.15, -0.1) is 46.7 Å². The number of thiazole rings is 2. The Morgan fingerprint density at radius 3 is 2.29 bits per heavy atom. The van der Waals surface area contributed by atoms with Gasteiger partial charge in [-0.05, 0) is 20.8 Å². The Labute approximate surface area is 150 Å². The van der Waals surface area contributed by atoms with Crippen molar-refractivity contribution in [3.05, 3.63) is 31.7 Å². The first-order valence-electron chi connectivity index (χ1n) is 6.37. The molecule has 5 nitrogen and oxygen atoms in total. The van der Waals surface area contributed by atoms with E-state index < -0.39 is 0 Å². The Morgan fingerprint density at radius 1 is 1.14 bits per heavy atom.